The Kier molecular flexibility index (Phi) is 3.69. The second-order valence-corrected chi connectivity index (χ2v) is 5.26. The van der Waals surface area contributed by atoms with Crippen LogP contribution in [0, 0.1) is 11.8 Å². The fraction of sp³-hybridized carbons (Fsp3) is 0.583. The summed E-state index contributed by atoms with van der Waals surface area (Å²) in [6.45, 7) is 3.02. The number of halogens is 1. The lowest BCUT2D eigenvalue weighted by Crippen LogP contribution is -2.29. The van der Waals surface area contributed by atoms with Gasteiger partial charge in [-0.1, -0.05) is 19.8 Å². The Bertz CT molecular complexity index is 375. The molecular formula is C12H16BrNO2. The summed E-state index contributed by atoms with van der Waals surface area (Å²) in [7, 11) is 0. The zero-order valence-corrected chi connectivity index (χ0v) is 10.9. The van der Waals surface area contributed by atoms with Crippen LogP contribution in [0.2, 0.25) is 0 Å². The summed E-state index contributed by atoms with van der Waals surface area (Å²) in [6.07, 6.45) is 3.80. The highest BCUT2D eigenvalue weighted by molar-refractivity contribution is 9.10. The lowest BCUT2D eigenvalue weighted by atomic mass is 9.98. The summed E-state index contributed by atoms with van der Waals surface area (Å²) in [5.74, 6) is 1.60. The van der Waals surface area contributed by atoms with Crippen LogP contribution in [0.1, 0.15) is 36.7 Å². The van der Waals surface area contributed by atoms with Crippen LogP contribution < -0.4 is 5.32 Å². The normalized spacial score (nSPS) is 24.6. The fourth-order valence-electron chi connectivity index (χ4n) is 2.27. The average Bonchev–Trinajstić information content (AvgIpc) is 2.84. The van der Waals surface area contributed by atoms with Gasteiger partial charge in [-0.3, -0.25) is 4.79 Å². The molecule has 3 nitrogen and oxygen atoms in total. The summed E-state index contributed by atoms with van der Waals surface area (Å²) in [6, 6.07) is 3.41. The molecule has 0 aromatic carbocycles. The molecule has 2 unspecified atom stereocenters. The van der Waals surface area contributed by atoms with Crippen molar-refractivity contribution in [3.05, 3.63) is 22.6 Å². The summed E-state index contributed by atoms with van der Waals surface area (Å²) in [5, 5.41) is 2.93. The minimum atomic E-state index is -0.121. The zero-order valence-electron chi connectivity index (χ0n) is 9.33. The molecule has 88 valence electrons. The second-order valence-electron chi connectivity index (χ2n) is 4.48. The van der Waals surface area contributed by atoms with Gasteiger partial charge in [0.05, 0.1) is 0 Å². The Balaban J connectivity index is 1.84. The van der Waals surface area contributed by atoms with Gasteiger partial charge in [-0.25, -0.2) is 0 Å². The third-order valence-corrected chi connectivity index (χ3v) is 3.79. The van der Waals surface area contributed by atoms with Crippen LogP contribution in [0.15, 0.2) is 21.2 Å². The van der Waals surface area contributed by atoms with E-state index in [1.54, 1.807) is 12.1 Å². The van der Waals surface area contributed by atoms with Crippen LogP contribution in [0.3, 0.4) is 0 Å². The smallest absolute Gasteiger partial charge is 0.287 e. The van der Waals surface area contributed by atoms with Crippen LogP contribution in [-0.4, -0.2) is 12.5 Å². The SMILES string of the molecule is CC1CCCC1CNC(=O)c1ccc(Br)o1. The van der Waals surface area contributed by atoms with Crippen LogP contribution in [0.25, 0.3) is 0 Å². The molecule has 2 rings (SSSR count). The lowest BCUT2D eigenvalue weighted by Gasteiger charge is -2.15. The number of rotatable bonds is 3. The van der Waals surface area contributed by atoms with Crippen molar-refractivity contribution in [3.8, 4) is 0 Å². The molecule has 0 spiro atoms. The molecule has 1 saturated carbocycles. The molecule has 0 aliphatic heterocycles. The van der Waals surface area contributed by atoms with Gasteiger partial charge in [0.25, 0.3) is 5.91 Å². The fourth-order valence-corrected chi connectivity index (χ4v) is 2.58. The number of carbonyl (C=O) groups is 1. The van der Waals surface area contributed by atoms with Crippen molar-refractivity contribution in [2.75, 3.05) is 6.54 Å². The highest BCUT2D eigenvalue weighted by Gasteiger charge is 2.24. The van der Waals surface area contributed by atoms with E-state index in [0.717, 1.165) is 12.5 Å². The standard InChI is InChI=1S/C12H16BrNO2/c1-8-3-2-4-9(8)7-14-12(15)10-5-6-11(13)16-10/h5-6,8-9H,2-4,7H2,1H3,(H,14,15). The largest absolute Gasteiger partial charge is 0.444 e. The number of nitrogens with one attached hydrogen (secondary N) is 1. The third-order valence-electron chi connectivity index (χ3n) is 3.36. The Morgan fingerprint density at radius 1 is 1.56 bits per heavy atom. The number of amides is 1. The summed E-state index contributed by atoms with van der Waals surface area (Å²) < 4.78 is 5.78. The van der Waals surface area contributed by atoms with Gasteiger partial charge in [-0.2, -0.15) is 0 Å². The highest BCUT2D eigenvalue weighted by Crippen LogP contribution is 2.30. The summed E-state index contributed by atoms with van der Waals surface area (Å²) in [5.41, 5.74) is 0. The van der Waals surface area contributed by atoms with Gasteiger partial charge in [-0.05, 0) is 46.3 Å². The summed E-state index contributed by atoms with van der Waals surface area (Å²) in [4.78, 5) is 11.7. The monoisotopic (exact) mass is 285 g/mol. The maximum atomic E-state index is 11.7. The molecule has 2 atom stereocenters. The molecule has 1 aromatic heterocycles. The predicted molar refractivity (Wildman–Crippen MR) is 65.2 cm³/mol. The van der Waals surface area contributed by atoms with Gasteiger partial charge in [0.15, 0.2) is 10.4 Å². The molecular weight excluding hydrogens is 270 g/mol. The van der Waals surface area contributed by atoms with E-state index in [9.17, 15) is 4.79 Å². The first kappa shape index (κ1) is 11.7. The molecule has 16 heavy (non-hydrogen) atoms. The van der Waals surface area contributed by atoms with Crippen molar-refractivity contribution in [2.24, 2.45) is 11.8 Å². The Morgan fingerprint density at radius 2 is 2.38 bits per heavy atom. The van der Waals surface area contributed by atoms with Crippen molar-refractivity contribution < 1.29 is 9.21 Å². The second kappa shape index (κ2) is 5.04. The molecule has 1 amide bonds. The van der Waals surface area contributed by atoms with Crippen molar-refractivity contribution in [3.63, 3.8) is 0 Å². The van der Waals surface area contributed by atoms with E-state index in [-0.39, 0.29) is 5.91 Å². The van der Waals surface area contributed by atoms with E-state index in [2.05, 4.69) is 28.2 Å². The summed E-state index contributed by atoms with van der Waals surface area (Å²) >= 11 is 3.18. The van der Waals surface area contributed by atoms with E-state index in [1.807, 2.05) is 0 Å². The number of furan rings is 1. The molecule has 1 aliphatic rings. The molecule has 0 radical (unpaired) electrons. The molecule has 1 heterocycles. The first-order chi connectivity index (χ1) is 7.66. The predicted octanol–water partition coefficient (Wildman–Crippen LogP) is 3.21. The van der Waals surface area contributed by atoms with Crippen LogP contribution in [-0.2, 0) is 0 Å². The van der Waals surface area contributed by atoms with Gasteiger partial charge >= 0.3 is 0 Å². The number of hydrogen-bond donors (Lipinski definition) is 1. The van der Waals surface area contributed by atoms with E-state index in [0.29, 0.717) is 16.3 Å². The van der Waals surface area contributed by atoms with Crippen LogP contribution in [0.5, 0.6) is 0 Å². The van der Waals surface area contributed by atoms with Gasteiger partial charge in [-0.15, -0.1) is 0 Å². The highest BCUT2D eigenvalue weighted by atomic mass is 79.9. The number of carbonyl (C=O) groups excluding carboxylic acids is 1. The van der Waals surface area contributed by atoms with Gasteiger partial charge in [0.1, 0.15) is 0 Å². The van der Waals surface area contributed by atoms with Crippen LogP contribution >= 0.6 is 15.9 Å². The van der Waals surface area contributed by atoms with Crippen molar-refractivity contribution in [1.29, 1.82) is 0 Å². The van der Waals surface area contributed by atoms with E-state index in [4.69, 9.17) is 4.42 Å². The first-order valence-electron chi connectivity index (χ1n) is 5.70. The quantitative estimate of drug-likeness (QED) is 0.927. The molecule has 1 aliphatic carbocycles. The minimum Gasteiger partial charge on any atom is -0.444 e. The molecule has 1 fully saturated rings. The lowest BCUT2D eigenvalue weighted by molar-refractivity contribution is 0.0915. The third kappa shape index (κ3) is 2.67. The Morgan fingerprint density at radius 3 is 2.94 bits per heavy atom. The maximum Gasteiger partial charge on any atom is 0.287 e. The van der Waals surface area contributed by atoms with Crippen LogP contribution in [0.4, 0.5) is 0 Å². The van der Waals surface area contributed by atoms with Crippen molar-refractivity contribution in [1.82, 2.24) is 5.32 Å². The maximum absolute atomic E-state index is 11.7. The molecule has 0 saturated heterocycles. The topological polar surface area (TPSA) is 42.2 Å². The van der Waals surface area contributed by atoms with Gasteiger partial charge in [0.2, 0.25) is 0 Å². The molecule has 0 bridgehead atoms. The van der Waals surface area contributed by atoms with Crippen molar-refractivity contribution >= 4 is 21.8 Å². The molecule has 1 N–H and O–H groups in total. The van der Waals surface area contributed by atoms with Gasteiger partial charge < -0.3 is 9.73 Å². The number of hydrogen-bond acceptors (Lipinski definition) is 2. The zero-order chi connectivity index (χ0) is 11.5. The Labute approximate surface area is 104 Å². The van der Waals surface area contributed by atoms with E-state index >= 15 is 0 Å². The molecule has 4 heteroatoms. The average molecular weight is 286 g/mol. The van der Waals surface area contributed by atoms with E-state index in [1.165, 1.54) is 19.3 Å². The van der Waals surface area contributed by atoms with Crippen molar-refractivity contribution in [2.45, 2.75) is 26.2 Å². The Hall–Kier alpha value is -0.770. The molecule has 1 aromatic rings. The van der Waals surface area contributed by atoms with Gasteiger partial charge in [0, 0.05) is 6.54 Å². The minimum absolute atomic E-state index is 0.121. The first-order valence-corrected chi connectivity index (χ1v) is 6.49. The van der Waals surface area contributed by atoms with E-state index < -0.39 is 0 Å².